The third-order valence-electron chi connectivity index (χ3n) is 19.3. The SMILES string of the molecule is c1ccc(C(c2ccc(-c3ccc(N(c4ccc(-c5ccc(N(c6ccccc6)c6ccc(-n7c8ccccc8c8ccccc87)cc6)cc5)cc4)c4ccc(-c5cccc6c5oc5ccccc56)cc4)cc3)cc2)c2ccc(-n3c4ccccc4c4ccccc43)cc2)cc1. The molecule has 0 saturated carbocycles. The molecule has 3 aromatic heterocycles. The molecule has 0 aliphatic carbocycles. The fraction of sp³-hybridized carbons (Fsp3) is 0.0110. The van der Waals surface area contributed by atoms with Crippen molar-refractivity contribution in [3.8, 4) is 44.8 Å². The summed E-state index contributed by atoms with van der Waals surface area (Å²) in [4.78, 5) is 4.69. The Balaban J connectivity index is 0.652. The number of hydrogen-bond donors (Lipinski definition) is 0. The zero-order valence-electron chi connectivity index (χ0n) is 52.5. The quantitative estimate of drug-likeness (QED) is 0.102. The number of fused-ring (bicyclic) bond motifs is 9. The van der Waals surface area contributed by atoms with Gasteiger partial charge >= 0.3 is 0 Å². The van der Waals surface area contributed by atoms with Crippen LogP contribution in [0, 0.1) is 0 Å². The molecule has 0 aliphatic heterocycles. The number of rotatable bonds is 14. The molecule has 452 valence electrons. The van der Waals surface area contributed by atoms with Crippen LogP contribution in [-0.2, 0) is 0 Å². The standard InChI is InChI=1S/C91H62N4O/c1-3-18-67(19-4-1)90(69-46-56-76(57-47-69)94-85-29-12-7-22-79(85)80-23-8-13-30-86(80)94)68-36-34-62(35-37-68)63-38-50-72(51-39-63)93(74-54-44-66(45-55-74)78-27-17-28-84-83-26-11-16-33-89(83)96-91(78)84)73-52-42-65(43-53-73)64-40-48-71(49-41-64)92(70-20-5-2-6-21-70)75-58-60-77(61-59-75)95-87-31-14-9-24-81(87)82-25-10-15-32-88(82)95/h1-61,90H. The van der Waals surface area contributed by atoms with Crippen LogP contribution in [0.15, 0.2) is 374 Å². The van der Waals surface area contributed by atoms with E-state index in [0.29, 0.717) is 0 Å². The highest BCUT2D eigenvalue weighted by atomic mass is 16.3. The Morgan fingerprint density at radius 1 is 0.219 bits per heavy atom. The predicted molar refractivity (Wildman–Crippen MR) is 402 cm³/mol. The van der Waals surface area contributed by atoms with Crippen LogP contribution in [0.5, 0.6) is 0 Å². The van der Waals surface area contributed by atoms with Crippen LogP contribution in [0.2, 0.25) is 0 Å². The molecule has 1 unspecified atom stereocenters. The van der Waals surface area contributed by atoms with Gasteiger partial charge in [-0.1, -0.05) is 243 Å². The van der Waals surface area contributed by atoms with Crippen molar-refractivity contribution in [2.45, 2.75) is 5.92 Å². The van der Waals surface area contributed by atoms with Crippen LogP contribution in [0.1, 0.15) is 22.6 Å². The van der Waals surface area contributed by atoms with Crippen molar-refractivity contribution in [2.24, 2.45) is 0 Å². The van der Waals surface area contributed by atoms with E-state index in [4.69, 9.17) is 4.42 Å². The number of para-hydroxylation sites is 7. The summed E-state index contributed by atoms with van der Waals surface area (Å²) >= 11 is 0. The van der Waals surface area contributed by atoms with Gasteiger partial charge in [0.1, 0.15) is 11.2 Å². The van der Waals surface area contributed by atoms with Crippen molar-refractivity contribution < 1.29 is 4.42 Å². The Kier molecular flexibility index (Phi) is 13.9. The summed E-state index contributed by atoms with van der Waals surface area (Å²) in [7, 11) is 0. The van der Waals surface area contributed by atoms with Crippen molar-refractivity contribution in [1.29, 1.82) is 0 Å². The van der Waals surface area contributed by atoms with Crippen molar-refractivity contribution in [3.05, 3.63) is 387 Å². The van der Waals surface area contributed by atoms with Gasteiger partial charge < -0.3 is 23.4 Å². The molecule has 18 aromatic rings. The average molecular weight is 1230 g/mol. The van der Waals surface area contributed by atoms with E-state index in [0.717, 1.165) is 101 Å². The molecule has 0 aliphatic rings. The summed E-state index contributed by atoms with van der Waals surface area (Å²) < 4.78 is 11.3. The van der Waals surface area contributed by atoms with Crippen LogP contribution in [0.3, 0.4) is 0 Å². The number of benzene rings is 15. The lowest BCUT2D eigenvalue weighted by atomic mass is 9.84. The van der Waals surface area contributed by atoms with E-state index in [9.17, 15) is 0 Å². The molecule has 3 heterocycles. The minimum Gasteiger partial charge on any atom is -0.455 e. The van der Waals surface area contributed by atoms with Gasteiger partial charge in [-0.05, 0) is 172 Å². The highest BCUT2D eigenvalue weighted by Crippen LogP contribution is 2.44. The first-order chi connectivity index (χ1) is 47.6. The highest BCUT2D eigenvalue weighted by molar-refractivity contribution is 6.11. The molecule has 0 N–H and O–H groups in total. The monoisotopic (exact) mass is 1230 g/mol. The molecule has 5 heteroatoms. The molecule has 0 spiro atoms. The average Bonchev–Trinajstić information content (AvgIpc) is 1.69. The number of nitrogens with zero attached hydrogens (tertiary/aromatic N) is 4. The fourth-order valence-corrected chi connectivity index (χ4v) is 14.7. The van der Waals surface area contributed by atoms with Gasteiger partial charge in [-0.3, -0.25) is 0 Å². The van der Waals surface area contributed by atoms with E-state index in [-0.39, 0.29) is 5.92 Å². The first-order valence-electron chi connectivity index (χ1n) is 32.9. The summed E-state index contributed by atoms with van der Waals surface area (Å²) in [5.41, 5.74) is 25.7. The zero-order valence-corrected chi connectivity index (χ0v) is 52.5. The van der Waals surface area contributed by atoms with E-state index in [1.807, 2.05) is 12.1 Å². The number of anilines is 6. The van der Waals surface area contributed by atoms with Gasteiger partial charge in [0.2, 0.25) is 0 Å². The van der Waals surface area contributed by atoms with Crippen molar-refractivity contribution in [3.63, 3.8) is 0 Å². The molecule has 0 amide bonds. The van der Waals surface area contributed by atoms with E-state index in [1.165, 1.54) is 60.3 Å². The maximum absolute atomic E-state index is 6.53. The Morgan fingerprint density at radius 2 is 0.521 bits per heavy atom. The largest absolute Gasteiger partial charge is 0.455 e. The van der Waals surface area contributed by atoms with Gasteiger partial charge in [0.05, 0.1) is 22.1 Å². The van der Waals surface area contributed by atoms with Crippen LogP contribution in [0.4, 0.5) is 34.1 Å². The minimum absolute atomic E-state index is 0.0473. The van der Waals surface area contributed by atoms with Crippen LogP contribution in [0.25, 0.3) is 110 Å². The summed E-state index contributed by atoms with van der Waals surface area (Å²) in [5, 5.41) is 7.27. The normalized spacial score (nSPS) is 11.9. The molecule has 0 radical (unpaired) electrons. The summed E-state index contributed by atoms with van der Waals surface area (Å²) in [6.07, 6.45) is 0. The second-order valence-corrected chi connectivity index (χ2v) is 24.8. The second-order valence-electron chi connectivity index (χ2n) is 24.8. The molecule has 0 saturated heterocycles. The van der Waals surface area contributed by atoms with E-state index in [2.05, 4.69) is 377 Å². The molecular weight excluding hydrogens is 1170 g/mol. The first-order valence-corrected chi connectivity index (χ1v) is 32.9. The Labute approximate surface area is 557 Å². The van der Waals surface area contributed by atoms with Crippen molar-refractivity contribution in [1.82, 2.24) is 9.13 Å². The molecule has 0 fully saturated rings. The van der Waals surface area contributed by atoms with Gasteiger partial charge in [-0.2, -0.15) is 0 Å². The highest BCUT2D eigenvalue weighted by Gasteiger charge is 2.22. The molecule has 1 atom stereocenters. The molecule has 5 nitrogen and oxygen atoms in total. The van der Waals surface area contributed by atoms with E-state index in [1.54, 1.807) is 0 Å². The maximum Gasteiger partial charge on any atom is 0.143 e. The predicted octanol–water partition coefficient (Wildman–Crippen LogP) is 24.9. The van der Waals surface area contributed by atoms with Gasteiger partial charge in [0, 0.05) is 89.3 Å². The van der Waals surface area contributed by atoms with Gasteiger partial charge in [-0.15, -0.1) is 0 Å². The van der Waals surface area contributed by atoms with Crippen LogP contribution < -0.4 is 9.80 Å². The maximum atomic E-state index is 6.53. The summed E-state index contributed by atoms with van der Waals surface area (Å²) in [5.74, 6) is 0.0473. The molecule has 15 aromatic carbocycles. The number of aromatic nitrogens is 2. The van der Waals surface area contributed by atoms with Gasteiger partial charge in [-0.25, -0.2) is 0 Å². The molecule has 18 rings (SSSR count). The third-order valence-corrected chi connectivity index (χ3v) is 19.3. The smallest absolute Gasteiger partial charge is 0.143 e. The molecule has 0 bridgehead atoms. The minimum atomic E-state index is 0.0473. The van der Waals surface area contributed by atoms with Gasteiger partial charge in [0.15, 0.2) is 0 Å². The van der Waals surface area contributed by atoms with Crippen LogP contribution in [-0.4, -0.2) is 9.13 Å². The Bertz CT molecular complexity index is 5440. The van der Waals surface area contributed by atoms with Gasteiger partial charge in [0.25, 0.3) is 0 Å². The lowest BCUT2D eigenvalue weighted by Crippen LogP contribution is -2.10. The third kappa shape index (κ3) is 9.88. The van der Waals surface area contributed by atoms with Crippen molar-refractivity contribution >= 4 is 99.7 Å². The summed E-state index contributed by atoms with van der Waals surface area (Å²) in [6.45, 7) is 0. The Morgan fingerprint density at radius 3 is 0.958 bits per heavy atom. The zero-order chi connectivity index (χ0) is 63.5. The summed E-state index contributed by atoms with van der Waals surface area (Å²) in [6, 6.07) is 134. The van der Waals surface area contributed by atoms with Crippen LogP contribution >= 0.6 is 0 Å². The molecular formula is C91H62N4O. The fourth-order valence-electron chi connectivity index (χ4n) is 14.7. The Hall–Kier alpha value is -12.7. The lowest BCUT2D eigenvalue weighted by Gasteiger charge is -2.26. The second kappa shape index (κ2) is 23.8. The first kappa shape index (κ1) is 56.1. The van der Waals surface area contributed by atoms with E-state index >= 15 is 0 Å². The lowest BCUT2D eigenvalue weighted by molar-refractivity contribution is 0.670. The number of hydrogen-bond acceptors (Lipinski definition) is 3. The topological polar surface area (TPSA) is 29.5 Å². The van der Waals surface area contributed by atoms with Crippen molar-refractivity contribution in [2.75, 3.05) is 9.80 Å². The van der Waals surface area contributed by atoms with E-state index < -0.39 is 0 Å². The number of furan rings is 1. The molecule has 96 heavy (non-hydrogen) atoms.